The first kappa shape index (κ1) is 15.8. The van der Waals surface area contributed by atoms with Crippen LogP contribution in [0.25, 0.3) is 11.0 Å². The van der Waals surface area contributed by atoms with Gasteiger partial charge in [0.15, 0.2) is 0 Å². The van der Waals surface area contributed by atoms with Gasteiger partial charge in [0.2, 0.25) is 11.9 Å². The average Bonchev–Trinajstić information content (AvgIpc) is 2.78. The summed E-state index contributed by atoms with van der Waals surface area (Å²) in [5.74, 6) is -0.0473. The van der Waals surface area contributed by atoms with Crippen LogP contribution in [0.5, 0.6) is 0 Å². The fraction of sp³-hybridized carbons (Fsp3) is 0.400. The van der Waals surface area contributed by atoms with E-state index in [2.05, 4.69) is 20.6 Å². The Morgan fingerprint density at radius 2 is 1.95 bits per heavy atom. The van der Waals surface area contributed by atoms with Gasteiger partial charge in [-0.05, 0) is 39.8 Å². The second-order valence-corrected chi connectivity index (χ2v) is 5.96. The van der Waals surface area contributed by atoms with Gasteiger partial charge in [0.05, 0.1) is 11.0 Å². The molecule has 0 bridgehead atoms. The number of rotatable bonds is 3. The number of imidazole rings is 1. The Balaban J connectivity index is 1.95. The Morgan fingerprint density at radius 1 is 1.27 bits per heavy atom. The summed E-state index contributed by atoms with van der Waals surface area (Å²) in [6.45, 7) is 6.84. The number of amides is 2. The molecule has 0 fully saturated rings. The summed E-state index contributed by atoms with van der Waals surface area (Å²) in [7, 11) is 0. The lowest BCUT2D eigenvalue weighted by Gasteiger charge is -2.21. The van der Waals surface area contributed by atoms with Crippen LogP contribution in [0.3, 0.4) is 0 Å². The minimum atomic E-state index is -0.747. The van der Waals surface area contributed by atoms with Crippen LogP contribution in [0.15, 0.2) is 24.3 Å². The van der Waals surface area contributed by atoms with Crippen LogP contribution >= 0.6 is 0 Å². The fourth-order valence-corrected chi connectivity index (χ4v) is 1.79. The largest absolute Gasteiger partial charge is 0.444 e. The third kappa shape index (κ3) is 4.21. The summed E-state index contributed by atoms with van der Waals surface area (Å²) in [5, 5.41) is 5.10. The van der Waals surface area contributed by atoms with E-state index < -0.39 is 17.7 Å². The third-order valence-electron chi connectivity index (χ3n) is 2.76. The monoisotopic (exact) mass is 304 g/mol. The van der Waals surface area contributed by atoms with E-state index in [0.29, 0.717) is 5.95 Å². The number of aromatic amines is 1. The van der Waals surface area contributed by atoms with Gasteiger partial charge >= 0.3 is 6.09 Å². The van der Waals surface area contributed by atoms with Gasteiger partial charge in [-0.1, -0.05) is 12.1 Å². The standard InChI is InChI=1S/C15H20N4O3/c1-9(16-14(21)22-15(2,3)4)12(20)19-13-17-10-7-5-6-8-11(10)18-13/h5-9H,1-4H3,(H,16,21)(H2,17,18,19,20)/t9-/m1/s1. The Morgan fingerprint density at radius 3 is 2.59 bits per heavy atom. The summed E-state index contributed by atoms with van der Waals surface area (Å²) in [5.41, 5.74) is 0.968. The number of para-hydroxylation sites is 2. The molecule has 0 radical (unpaired) electrons. The normalized spacial score (nSPS) is 12.7. The number of nitrogens with one attached hydrogen (secondary N) is 3. The maximum Gasteiger partial charge on any atom is 0.408 e. The maximum absolute atomic E-state index is 12.0. The molecule has 118 valence electrons. The number of H-pyrrole nitrogens is 1. The molecule has 1 aromatic heterocycles. The van der Waals surface area contributed by atoms with E-state index in [-0.39, 0.29) is 5.91 Å². The van der Waals surface area contributed by atoms with Crippen molar-refractivity contribution in [3.63, 3.8) is 0 Å². The van der Waals surface area contributed by atoms with Gasteiger partial charge in [-0.15, -0.1) is 0 Å². The van der Waals surface area contributed by atoms with Crippen LogP contribution in [0.1, 0.15) is 27.7 Å². The van der Waals surface area contributed by atoms with Gasteiger partial charge in [-0.2, -0.15) is 0 Å². The summed E-state index contributed by atoms with van der Waals surface area (Å²) in [4.78, 5) is 30.9. The van der Waals surface area contributed by atoms with Gasteiger partial charge in [0, 0.05) is 0 Å². The molecule has 0 aliphatic heterocycles. The zero-order chi connectivity index (χ0) is 16.3. The molecule has 1 aromatic carbocycles. The van der Waals surface area contributed by atoms with Crippen molar-refractivity contribution in [1.82, 2.24) is 15.3 Å². The molecule has 3 N–H and O–H groups in total. The van der Waals surface area contributed by atoms with Crippen molar-refractivity contribution < 1.29 is 14.3 Å². The van der Waals surface area contributed by atoms with Crippen molar-refractivity contribution in [2.24, 2.45) is 0 Å². The lowest BCUT2D eigenvalue weighted by atomic mass is 10.2. The van der Waals surface area contributed by atoms with E-state index in [0.717, 1.165) is 11.0 Å². The number of alkyl carbamates (subject to hydrolysis) is 1. The maximum atomic E-state index is 12.0. The number of carbonyl (C=O) groups excluding carboxylic acids is 2. The fourth-order valence-electron chi connectivity index (χ4n) is 1.79. The number of aromatic nitrogens is 2. The highest BCUT2D eigenvalue weighted by molar-refractivity contribution is 5.96. The van der Waals surface area contributed by atoms with Gasteiger partial charge < -0.3 is 15.0 Å². The number of carbonyl (C=O) groups is 2. The van der Waals surface area contributed by atoms with Crippen LogP contribution in [0, 0.1) is 0 Å². The summed E-state index contributed by atoms with van der Waals surface area (Å²) in [6, 6.07) is 6.69. The first-order valence-corrected chi connectivity index (χ1v) is 7.00. The van der Waals surface area contributed by atoms with Crippen molar-refractivity contribution in [1.29, 1.82) is 0 Å². The van der Waals surface area contributed by atoms with E-state index in [1.54, 1.807) is 27.7 Å². The smallest absolute Gasteiger partial charge is 0.408 e. The van der Waals surface area contributed by atoms with Crippen molar-refractivity contribution in [2.45, 2.75) is 39.3 Å². The van der Waals surface area contributed by atoms with Crippen LogP contribution in [0.2, 0.25) is 0 Å². The van der Waals surface area contributed by atoms with E-state index in [1.165, 1.54) is 0 Å². The lowest BCUT2D eigenvalue weighted by Crippen LogP contribution is -2.44. The minimum absolute atomic E-state index is 0.337. The zero-order valence-electron chi connectivity index (χ0n) is 13.1. The van der Waals surface area contributed by atoms with Crippen molar-refractivity contribution in [3.05, 3.63) is 24.3 Å². The van der Waals surface area contributed by atoms with E-state index in [4.69, 9.17) is 4.74 Å². The second-order valence-electron chi connectivity index (χ2n) is 5.96. The number of fused-ring (bicyclic) bond motifs is 1. The van der Waals surface area contributed by atoms with E-state index in [1.807, 2.05) is 24.3 Å². The molecule has 7 nitrogen and oxygen atoms in total. The summed E-state index contributed by atoms with van der Waals surface area (Å²) in [6.07, 6.45) is -0.639. The average molecular weight is 304 g/mol. The molecule has 0 aliphatic rings. The van der Waals surface area contributed by atoms with Crippen molar-refractivity contribution in [2.75, 3.05) is 5.32 Å². The highest BCUT2D eigenvalue weighted by Crippen LogP contribution is 2.13. The topological polar surface area (TPSA) is 96.1 Å². The Hall–Kier alpha value is -2.57. The number of hydrogen-bond acceptors (Lipinski definition) is 4. The first-order chi connectivity index (χ1) is 10.2. The van der Waals surface area contributed by atoms with Crippen LogP contribution in [0.4, 0.5) is 10.7 Å². The predicted octanol–water partition coefficient (Wildman–Crippen LogP) is 2.41. The molecule has 0 spiro atoms. The number of anilines is 1. The number of benzene rings is 1. The molecular weight excluding hydrogens is 284 g/mol. The molecule has 1 heterocycles. The highest BCUT2D eigenvalue weighted by Gasteiger charge is 2.21. The Bertz CT molecular complexity index is 654. The number of hydrogen-bond donors (Lipinski definition) is 3. The molecule has 0 saturated heterocycles. The van der Waals surface area contributed by atoms with Crippen molar-refractivity contribution >= 4 is 29.0 Å². The second kappa shape index (κ2) is 6.05. The molecule has 7 heteroatoms. The third-order valence-corrected chi connectivity index (χ3v) is 2.76. The number of nitrogens with zero attached hydrogens (tertiary/aromatic N) is 1. The van der Waals surface area contributed by atoms with Gasteiger partial charge in [0.1, 0.15) is 11.6 Å². The highest BCUT2D eigenvalue weighted by atomic mass is 16.6. The van der Waals surface area contributed by atoms with Crippen molar-refractivity contribution in [3.8, 4) is 0 Å². The van der Waals surface area contributed by atoms with E-state index >= 15 is 0 Å². The van der Waals surface area contributed by atoms with Crippen LogP contribution in [-0.2, 0) is 9.53 Å². The lowest BCUT2D eigenvalue weighted by molar-refractivity contribution is -0.117. The predicted molar refractivity (Wildman–Crippen MR) is 83.6 cm³/mol. The Labute approximate surface area is 128 Å². The summed E-state index contributed by atoms with van der Waals surface area (Å²) < 4.78 is 5.10. The molecule has 22 heavy (non-hydrogen) atoms. The summed E-state index contributed by atoms with van der Waals surface area (Å²) >= 11 is 0. The van der Waals surface area contributed by atoms with Gasteiger partial charge in [-0.25, -0.2) is 9.78 Å². The van der Waals surface area contributed by atoms with Crippen LogP contribution in [-0.4, -0.2) is 33.6 Å². The van der Waals surface area contributed by atoms with Crippen LogP contribution < -0.4 is 10.6 Å². The molecule has 1 atom stereocenters. The Kier molecular flexibility index (Phi) is 4.35. The molecule has 2 rings (SSSR count). The number of ether oxygens (including phenoxy) is 1. The molecular formula is C15H20N4O3. The molecule has 2 aromatic rings. The van der Waals surface area contributed by atoms with Gasteiger partial charge in [-0.3, -0.25) is 10.1 Å². The molecule has 0 saturated carbocycles. The minimum Gasteiger partial charge on any atom is -0.444 e. The first-order valence-electron chi connectivity index (χ1n) is 7.00. The van der Waals surface area contributed by atoms with Gasteiger partial charge in [0.25, 0.3) is 0 Å². The molecule has 2 amide bonds. The molecule has 0 aliphatic carbocycles. The zero-order valence-corrected chi connectivity index (χ0v) is 13.1. The quantitative estimate of drug-likeness (QED) is 0.811. The van der Waals surface area contributed by atoms with E-state index in [9.17, 15) is 9.59 Å². The SMILES string of the molecule is C[C@@H](NC(=O)OC(C)(C)C)C(=O)Nc1nc2ccccc2[nH]1. The molecule has 0 unspecified atom stereocenters.